The molecule has 0 unspecified atom stereocenters. The van der Waals surface area contributed by atoms with E-state index in [9.17, 15) is 10.1 Å². The second kappa shape index (κ2) is 6.23. The SMILES string of the molecule is COc1nn([C@@H](C)c2nc3c4c5c(sc4ncn3n2)CCCC5)cc1[N+](=O)[O-]. The lowest BCUT2D eigenvalue weighted by Crippen LogP contribution is -2.09. The van der Waals surface area contributed by atoms with Gasteiger partial charge in [0.05, 0.1) is 17.4 Å². The number of ether oxygens (including phenoxy) is 1. The molecule has 5 rings (SSSR count). The van der Waals surface area contributed by atoms with E-state index in [0.717, 1.165) is 28.7 Å². The third-order valence-electron chi connectivity index (χ3n) is 5.15. The molecular weight excluding hydrogens is 382 g/mol. The number of rotatable bonds is 4. The number of hydrogen-bond acceptors (Lipinski definition) is 8. The minimum Gasteiger partial charge on any atom is -0.475 e. The van der Waals surface area contributed by atoms with Crippen LogP contribution in [0, 0.1) is 10.1 Å². The number of methoxy groups -OCH3 is 1. The van der Waals surface area contributed by atoms with Crippen molar-refractivity contribution in [2.24, 2.45) is 0 Å². The van der Waals surface area contributed by atoms with Gasteiger partial charge < -0.3 is 4.74 Å². The molecule has 1 aliphatic carbocycles. The Hall–Kier alpha value is -3.08. The lowest BCUT2D eigenvalue weighted by molar-refractivity contribution is -0.385. The summed E-state index contributed by atoms with van der Waals surface area (Å²) in [6.07, 6.45) is 7.54. The van der Waals surface area contributed by atoms with Gasteiger partial charge in [-0.05, 0) is 38.2 Å². The van der Waals surface area contributed by atoms with Crippen LogP contribution < -0.4 is 4.74 Å². The molecule has 144 valence electrons. The van der Waals surface area contributed by atoms with Crippen molar-refractivity contribution in [3.05, 3.63) is 38.9 Å². The Morgan fingerprint density at radius 2 is 2.14 bits per heavy atom. The molecule has 0 aromatic carbocycles. The fourth-order valence-electron chi connectivity index (χ4n) is 3.70. The van der Waals surface area contributed by atoms with Gasteiger partial charge in [-0.1, -0.05) is 0 Å². The van der Waals surface area contributed by atoms with Gasteiger partial charge in [-0.15, -0.1) is 21.5 Å². The maximum Gasteiger partial charge on any atom is 0.350 e. The Kier molecular flexibility index (Phi) is 3.79. The maximum atomic E-state index is 11.2. The summed E-state index contributed by atoms with van der Waals surface area (Å²) >= 11 is 1.74. The Morgan fingerprint density at radius 3 is 2.89 bits per heavy atom. The number of aryl methyl sites for hydroxylation is 2. The summed E-state index contributed by atoms with van der Waals surface area (Å²) in [5, 5.41) is 21.0. The van der Waals surface area contributed by atoms with Crippen LogP contribution in [0.25, 0.3) is 15.9 Å². The molecule has 0 radical (unpaired) electrons. The summed E-state index contributed by atoms with van der Waals surface area (Å²) in [5.41, 5.74) is 1.93. The van der Waals surface area contributed by atoms with Crippen molar-refractivity contribution >= 4 is 32.9 Å². The van der Waals surface area contributed by atoms with E-state index < -0.39 is 11.0 Å². The standard InChI is InChI=1S/C17H17N7O3S/c1-9(22-7-11(24(25)26)16(21-22)27-2)14-19-15-13-10-5-3-4-6-12(10)28-17(13)18-8-23(15)20-14/h7-9H,3-6H2,1-2H3/t9-/m0/s1. The van der Waals surface area contributed by atoms with Crippen molar-refractivity contribution < 1.29 is 9.66 Å². The normalized spacial score (nSPS) is 15.1. The van der Waals surface area contributed by atoms with Gasteiger partial charge in [0.15, 0.2) is 11.5 Å². The van der Waals surface area contributed by atoms with E-state index in [0.29, 0.717) is 5.82 Å². The van der Waals surface area contributed by atoms with Gasteiger partial charge in [-0.25, -0.2) is 14.5 Å². The molecule has 28 heavy (non-hydrogen) atoms. The Balaban J connectivity index is 1.63. The topological polar surface area (TPSA) is 113 Å². The quantitative estimate of drug-likeness (QED) is 0.383. The summed E-state index contributed by atoms with van der Waals surface area (Å²) in [5.74, 6) is 0.488. The van der Waals surface area contributed by atoms with Crippen molar-refractivity contribution in [1.29, 1.82) is 0 Å². The van der Waals surface area contributed by atoms with Crippen LogP contribution in [0.2, 0.25) is 0 Å². The van der Waals surface area contributed by atoms with Gasteiger partial charge in [0.1, 0.15) is 23.4 Å². The van der Waals surface area contributed by atoms with Gasteiger partial charge in [0.2, 0.25) is 0 Å². The second-order valence-electron chi connectivity index (χ2n) is 6.81. The summed E-state index contributed by atoms with van der Waals surface area (Å²) in [6.45, 7) is 1.85. The smallest absolute Gasteiger partial charge is 0.350 e. The molecule has 0 saturated heterocycles. The first kappa shape index (κ1) is 17.0. The third-order valence-corrected chi connectivity index (χ3v) is 6.35. The van der Waals surface area contributed by atoms with Crippen LogP contribution in [-0.2, 0) is 12.8 Å². The highest BCUT2D eigenvalue weighted by molar-refractivity contribution is 7.19. The van der Waals surface area contributed by atoms with Crippen LogP contribution in [0.15, 0.2) is 12.5 Å². The highest BCUT2D eigenvalue weighted by Gasteiger charge is 2.26. The van der Waals surface area contributed by atoms with E-state index in [1.165, 1.54) is 41.3 Å². The van der Waals surface area contributed by atoms with E-state index in [1.807, 2.05) is 6.92 Å². The molecule has 1 aliphatic rings. The predicted molar refractivity (Wildman–Crippen MR) is 102 cm³/mol. The lowest BCUT2D eigenvalue weighted by atomic mass is 9.97. The lowest BCUT2D eigenvalue weighted by Gasteiger charge is -2.09. The first-order chi connectivity index (χ1) is 13.6. The van der Waals surface area contributed by atoms with E-state index in [1.54, 1.807) is 22.2 Å². The number of hydrogen-bond donors (Lipinski definition) is 0. The molecule has 0 saturated carbocycles. The molecule has 10 nitrogen and oxygen atoms in total. The van der Waals surface area contributed by atoms with E-state index in [2.05, 4.69) is 15.2 Å². The van der Waals surface area contributed by atoms with E-state index >= 15 is 0 Å². The van der Waals surface area contributed by atoms with Crippen molar-refractivity contribution in [2.45, 2.75) is 38.6 Å². The van der Waals surface area contributed by atoms with Crippen LogP contribution in [0.3, 0.4) is 0 Å². The van der Waals surface area contributed by atoms with Gasteiger partial charge >= 0.3 is 11.6 Å². The molecule has 4 heterocycles. The first-order valence-electron chi connectivity index (χ1n) is 9.00. The van der Waals surface area contributed by atoms with Crippen LogP contribution in [0.4, 0.5) is 5.69 Å². The summed E-state index contributed by atoms with van der Waals surface area (Å²) in [6, 6.07) is -0.396. The maximum absolute atomic E-state index is 11.2. The van der Waals surface area contributed by atoms with Crippen molar-refractivity contribution in [2.75, 3.05) is 7.11 Å². The molecule has 4 aromatic heterocycles. The van der Waals surface area contributed by atoms with Gasteiger partial charge in [-0.3, -0.25) is 14.8 Å². The number of nitrogens with zero attached hydrogens (tertiary/aromatic N) is 7. The Morgan fingerprint density at radius 1 is 1.32 bits per heavy atom. The zero-order valence-corrected chi connectivity index (χ0v) is 16.1. The summed E-state index contributed by atoms with van der Waals surface area (Å²) in [7, 11) is 1.36. The molecule has 1 atom stereocenters. The van der Waals surface area contributed by atoms with Crippen LogP contribution in [0.5, 0.6) is 5.88 Å². The average Bonchev–Trinajstić information content (AvgIpc) is 3.40. The monoisotopic (exact) mass is 399 g/mol. The zero-order chi connectivity index (χ0) is 19.4. The van der Waals surface area contributed by atoms with E-state index in [-0.39, 0.29) is 11.6 Å². The van der Waals surface area contributed by atoms with Gasteiger partial charge in [0, 0.05) is 4.88 Å². The molecule has 0 N–H and O–H groups in total. The van der Waals surface area contributed by atoms with E-state index in [4.69, 9.17) is 9.72 Å². The summed E-state index contributed by atoms with van der Waals surface area (Å²) < 4.78 is 8.16. The molecule has 0 amide bonds. The summed E-state index contributed by atoms with van der Waals surface area (Å²) in [4.78, 5) is 22.4. The molecule has 11 heteroatoms. The fourth-order valence-corrected chi connectivity index (χ4v) is 4.92. The largest absolute Gasteiger partial charge is 0.475 e. The third kappa shape index (κ3) is 2.46. The predicted octanol–water partition coefficient (Wildman–Crippen LogP) is 2.94. The second-order valence-corrected chi connectivity index (χ2v) is 7.89. The van der Waals surface area contributed by atoms with Crippen molar-refractivity contribution in [3.63, 3.8) is 0 Å². The molecule has 0 spiro atoms. The highest BCUT2D eigenvalue weighted by Crippen LogP contribution is 2.37. The molecular formula is C17H17N7O3S. The average molecular weight is 399 g/mol. The van der Waals surface area contributed by atoms with Crippen LogP contribution in [-0.4, -0.2) is 41.4 Å². The highest BCUT2D eigenvalue weighted by atomic mass is 32.1. The Bertz CT molecular complexity index is 1220. The van der Waals surface area contributed by atoms with Crippen LogP contribution in [0.1, 0.15) is 42.1 Å². The van der Waals surface area contributed by atoms with Crippen molar-refractivity contribution in [3.8, 4) is 5.88 Å². The fraction of sp³-hybridized carbons (Fsp3) is 0.412. The first-order valence-corrected chi connectivity index (χ1v) is 9.81. The van der Waals surface area contributed by atoms with Gasteiger partial charge in [-0.2, -0.15) is 0 Å². The zero-order valence-electron chi connectivity index (χ0n) is 15.3. The molecule has 4 aromatic rings. The molecule has 0 aliphatic heterocycles. The molecule has 0 bridgehead atoms. The minimum absolute atomic E-state index is 0.0309. The minimum atomic E-state index is -0.517. The molecule has 0 fully saturated rings. The number of thiophene rings is 1. The van der Waals surface area contributed by atoms with Crippen LogP contribution >= 0.6 is 11.3 Å². The Labute approximate surface area is 162 Å². The number of fused-ring (bicyclic) bond motifs is 5. The van der Waals surface area contributed by atoms with Gasteiger partial charge in [0.25, 0.3) is 0 Å². The van der Waals surface area contributed by atoms with Crippen molar-refractivity contribution in [1.82, 2.24) is 29.4 Å². The number of nitro groups is 1. The number of aromatic nitrogens is 6.